The van der Waals surface area contributed by atoms with Crippen molar-refractivity contribution in [3.05, 3.63) is 75.0 Å². The van der Waals surface area contributed by atoms with E-state index in [1.807, 2.05) is 0 Å². The lowest BCUT2D eigenvalue weighted by molar-refractivity contribution is 0.0946. The van der Waals surface area contributed by atoms with E-state index in [0.29, 0.717) is 15.6 Å². The second-order valence-electron chi connectivity index (χ2n) is 5.52. The standard InChI is InChI=1S/C17H12Cl2FN3O3S2/c18-13-4-1-10(7-14(13)19)9-22-16(24)12-3-2-11(8-15(12)20)28(25,26)23-17-21-5-6-27-17/h1-8H,9H2,(H,21,23)(H,22,24). The summed E-state index contributed by atoms with van der Waals surface area (Å²) in [4.78, 5) is 15.7. The molecular formula is C17H12Cl2FN3O3S2. The number of rotatable bonds is 6. The number of sulfonamides is 1. The van der Waals surface area contributed by atoms with Gasteiger partial charge in [-0.1, -0.05) is 29.3 Å². The third-order valence-electron chi connectivity index (χ3n) is 3.59. The van der Waals surface area contributed by atoms with E-state index in [-0.39, 0.29) is 22.1 Å². The van der Waals surface area contributed by atoms with Crippen LogP contribution < -0.4 is 10.0 Å². The van der Waals surface area contributed by atoms with Gasteiger partial charge in [0.05, 0.1) is 20.5 Å². The molecule has 1 heterocycles. The Hall–Kier alpha value is -2.20. The van der Waals surface area contributed by atoms with Gasteiger partial charge in [-0.3, -0.25) is 9.52 Å². The fourth-order valence-corrected chi connectivity index (χ4v) is 4.34. The normalized spacial score (nSPS) is 11.2. The Kier molecular flexibility index (Phi) is 6.19. The monoisotopic (exact) mass is 459 g/mol. The van der Waals surface area contributed by atoms with Gasteiger partial charge < -0.3 is 5.32 Å². The Balaban J connectivity index is 1.72. The minimum atomic E-state index is -4.01. The fourth-order valence-electron chi connectivity index (χ4n) is 2.22. The van der Waals surface area contributed by atoms with Gasteiger partial charge in [-0.25, -0.2) is 17.8 Å². The van der Waals surface area contributed by atoms with Crippen LogP contribution in [-0.2, 0) is 16.6 Å². The van der Waals surface area contributed by atoms with Crippen molar-refractivity contribution >= 4 is 55.6 Å². The van der Waals surface area contributed by atoms with Crippen molar-refractivity contribution in [2.45, 2.75) is 11.4 Å². The maximum absolute atomic E-state index is 14.3. The minimum Gasteiger partial charge on any atom is -0.348 e. The van der Waals surface area contributed by atoms with Crippen LogP contribution in [0.5, 0.6) is 0 Å². The van der Waals surface area contributed by atoms with Gasteiger partial charge in [0.1, 0.15) is 5.82 Å². The first-order valence-corrected chi connectivity index (χ1v) is 10.8. The van der Waals surface area contributed by atoms with E-state index in [1.54, 1.807) is 23.6 Å². The molecule has 0 aliphatic rings. The number of halogens is 3. The number of thiazole rings is 1. The predicted octanol–water partition coefficient (Wildman–Crippen LogP) is 4.32. The zero-order valence-corrected chi connectivity index (χ0v) is 17.1. The lowest BCUT2D eigenvalue weighted by atomic mass is 10.2. The zero-order valence-electron chi connectivity index (χ0n) is 13.9. The molecule has 1 aromatic heterocycles. The van der Waals surface area contributed by atoms with Crippen LogP contribution in [0.1, 0.15) is 15.9 Å². The van der Waals surface area contributed by atoms with Gasteiger partial charge in [0.15, 0.2) is 5.13 Å². The molecule has 11 heteroatoms. The highest BCUT2D eigenvalue weighted by Crippen LogP contribution is 2.23. The largest absolute Gasteiger partial charge is 0.348 e. The molecule has 1 amide bonds. The van der Waals surface area contributed by atoms with Crippen molar-refractivity contribution in [2.24, 2.45) is 0 Å². The van der Waals surface area contributed by atoms with Crippen LogP contribution >= 0.6 is 34.5 Å². The van der Waals surface area contributed by atoms with Crippen molar-refractivity contribution in [3.63, 3.8) is 0 Å². The van der Waals surface area contributed by atoms with Crippen LogP contribution in [-0.4, -0.2) is 19.3 Å². The van der Waals surface area contributed by atoms with Gasteiger partial charge in [-0.05, 0) is 35.9 Å². The van der Waals surface area contributed by atoms with Crippen molar-refractivity contribution in [3.8, 4) is 0 Å². The number of nitrogens with one attached hydrogen (secondary N) is 2. The molecule has 0 saturated carbocycles. The summed E-state index contributed by atoms with van der Waals surface area (Å²) in [6.07, 6.45) is 1.43. The highest BCUT2D eigenvalue weighted by atomic mass is 35.5. The summed E-state index contributed by atoms with van der Waals surface area (Å²) in [6, 6.07) is 7.87. The molecule has 0 spiro atoms. The first-order valence-electron chi connectivity index (χ1n) is 7.70. The molecule has 0 bridgehead atoms. The summed E-state index contributed by atoms with van der Waals surface area (Å²) >= 11 is 12.8. The van der Waals surface area contributed by atoms with Crippen LogP contribution in [0.25, 0.3) is 0 Å². The molecule has 0 unspecified atom stereocenters. The van der Waals surface area contributed by atoms with Gasteiger partial charge >= 0.3 is 0 Å². The third kappa shape index (κ3) is 4.79. The summed E-state index contributed by atoms with van der Waals surface area (Å²) in [6.45, 7) is 0.0980. The van der Waals surface area contributed by atoms with E-state index in [0.717, 1.165) is 29.5 Å². The predicted molar refractivity (Wildman–Crippen MR) is 107 cm³/mol. The maximum atomic E-state index is 14.3. The first-order chi connectivity index (χ1) is 13.3. The van der Waals surface area contributed by atoms with Crippen LogP contribution in [0, 0.1) is 5.82 Å². The highest BCUT2D eigenvalue weighted by Gasteiger charge is 2.20. The number of carbonyl (C=O) groups excluding carboxylic acids is 1. The molecule has 0 atom stereocenters. The molecule has 0 saturated heterocycles. The number of aromatic nitrogens is 1. The molecule has 146 valence electrons. The number of hydrogen-bond donors (Lipinski definition) is 2. The van der Waals surface area contributed by atoms with Gasteiger partial charge in [0, 0.05) is 18.1 Å². The Bertz CT molecular complexity index is 1120. The zero-order chi connectivity index (χ0) is 20.3. The Labute approximate surface area is 174 Å². The molecule has 6 nitrogen and oxygen atoms in total. The minimum absolute atomic E-state index is 0.0980. The van der Waals surface area contributed by atoms with E-state index in [9.17, 15) is 17.6 Å². The molecule has 3 rings (SSSR count). The lowest BCUT2D eigenvalue weighted by Crippen LogP contribution is -2.24. The first kappa shape index (κ1) is 20.5. The molecule has 3 aromatic rings. The Morgan fingerprint density at radius 1 is 1.14 bits per heavy atom. The molecule has 0 fully saturated rings. The van der Waals surface area contributed by atoms with Crippen molar-refractivity contribution < 1.29 is 17.6 Å². The number of hydrogen-bond acceptors (Lipinski definition) is 5. The summed E-state index contributed by atoms with van der Waals surface area (Å²) < 4.78 is 41.1. The highest BCUT2D eigenvalue weighted by molar-refractivity contribution is 7.93. The fraction of sp³-hybridized carbons (Fsp3) is 0.0588. The number of anilines is 1. The summed E-state index contributed by atoms with van der Waals surface area (Å²) in [5.74, 6) is -1.66. The van der Waals surface area contributed by atoms with Crippen molar-refractivity contribution in [1.29, 1.82) is 0 Å². The van der Waals surface area contributed by atoms with E-state index in [4.69, 9.17) is 23.2 Å². The summed E-state index contributed by atoms with van der Waals surface area (Å²) in [7, 11) is -4.01. The van der Waals surface area contributed by atoms with Crippen molar-refractivity contribution in [2.75, 3.05) is 4.72 Å². The maximum Gasteiger partial charge on any atom is 0.263 e. The van der Waals surface area contributed by atoms with Crippen LogP contribution in [0.15, 0.2) is 52.9 Å². The molecular weight excluding hydrogens is 448 g/mol. The van der Waals surface area contributed by atoms with Crippen molar-refractivity contribution in [1.82, 2.24) is 10.3 Å². The molecule has 0 aliphatic carbocycles. The molecule has 2 aromatic carbocycles. The van der Waals surface area contributed by atoms with E-state index in [2.05, 4.69) is 15.0 Å². The van der Waals surface area contributed by atoms with Gasteiger partial charge in [-0.2, -0.15) is 0 Å². The average Bonchev–Trinajstić information content (AvgIpc) is 3.14. The number of nitrogens with zero attached hydrogens (tertiary/aromatic N) is 1. The number of carbonyl (C=O) groups is 1. The quantitative estimate of drug-likeness (QED) is 0.574. The second-order valence-corrected chi connectivity index (χ2v) is 8.91. The van der Waals surface area contributed by atoms with E-state index >= 15 is 0 Å². The van der Waals surface area contributed by atoms with Gasteiger partial charge in [0.25, 0.3) is 15.9 Å². The number of benzene rings is 2. The topological polar surface area (TPSA) is 88.2 Å². The van der Waals surface area contributed by atoms with Gasteiger partial charge in [-0.15, -0.1) is 11.3 Å². The number of amides is 1. The SMILES string of the molecule is O=C(NCc1ccc(Cl)c(Cl)c1)c1ccc(S(=O)(=O)Nc2nccs2)cc1F. The van der Waals surface area contributed by atoms with Crippen LogP contribution in [0.3, 0.4) is 0 Å². The molecule has 28 heavy (non-hydrogen) atoms. The molecule has 0 radical (unpaired) electrons. The van der Waals surface area contributed by atoms with Gasteiger partial charge in [0.2, 0.25) is 0 Å². The smallest absolute Gasteiger partial charge is 0.263 e. The van der Waals surface area contributed by atoms with Crippen LogP contribution in [0.2, 0.25) is 10.0 Å². The third-order valence-corrected chi connectivity index (χ3v) is 6.48. The molecule has 2 N–H and O–H groups in total. The van der Waals surface area contributed by atoms with E-state index < -0.39 is 21.7 Å². The summed E-state index contributed by atoms with van der Waals surface area (Å²) in [5, 5.41) is 5.01. The van der Waals surface area contributed by atoms with Crippen LogP contribution in [0.4, 0.5) is 9.52 Å². The Morgan fingerprint density at radius 3 is 2.57 bits per heavy atom. The second kappa shape index (κ2) is 8.44. The molecule has 0 aliphatic heterocycles. The summed E-state index contributed by atoms with van der Waals surface area (Å²) in [5.41, 5.74) is 0.392. The van der Waals surface area contributed by atoms with E-state index in [1.165, 1.54) is 6.20 Å². The lowest BCUT2D eigenvalue weighted by Gasteiger charge is -2.09. The Morgan fingerprint density at radius 2 is 1.93 bits per heavy atom. The average molecular weight is 460 g/mol.